The van der Waals surface area contributed by atoms with Gasteiger partial charge in [0.1, 0.15) is 5.82 Å². The number of nitrogens with one attached hydrogen (secondary N) is 1. The Morgan fingerprint density at radius 1 is 1.38 bits per heavy atom. The second kappa shape index (κ2) is 5.25. The number of hydrogen-bond donors (Lipinski definition) is 1. The van der Waals surface area contributed by atoms with E-state index < -0.39 is 21.7 Å². The van der Waals surface area contributed by atoms with Crippen LogP contribution in [0.1, 0.15) is 12.8 Å². The van der Waals surface area contributed by atoms with Gasteiger partial charge >= 0.3 is 6.03 Å². The van der Waals surface area contributed by atoms with Crippen molar-refractivity contribution >= 4 is 21.6 Å². The molecule has 1 unspecified atom stereocenters. The Hall–Kier alpha value is -1.70. The zero-order valence-corrected chi connectivity index (χ0v) is 12.1. The van der Waals surface area contributed by atoms with Crippen molar-refractivity contribution in [1.82, 2.24) is 9.88 Å². The van der Waals surface area contributed by atoms with E-state index in [9.17, 15) is 17.6 Å². The smallest absolute Gasteiger partial charge is 0.319 e. The summed E-state index contributed by atoms with van der Waals surface area (Å²) in [4.78, 5) is 17.5. The molecule has 1 N–H and O–H groups in total. The Bertz CT molecular complexity index is 660. The highest BCUT2D eigenvalue weighted by atomic mass is 32.2. The van der Waals surface area contributed by atoms with Crippen molar-refractivity contribution in [1.29, 1.82) is 0 Å². The number of sulfone groups is 1. The molecule has 1 aliphatic carbocycles. The Labute approximate surface area is 122 Å². The van der Waals surface area contributed by atoms with Crippen LogP contribution in [0.15, 0.2) is 18.5 Å². The van der Waals surface area contributed by atoms with Crippen LogP contribution < -0.4 is 5.32 Å². The number of carbonyl (C=O) groups excluding carboxylic acids is 1. The summed E-state index contributed by atoms with van der Waals surface area (Å²) >= 11 is 0. The van der Waals surface area contributed by atoms with Gasteiger partial charge in [0.05, 0.1) is 35.6 Å². The van der Waals surface area contributed by atoms with Gasteiger partial charge in [-0.1, -0.05) is 0 Å². The molecule has 0 aromatic carbocycles. The topological polar surface area (TPSA) is 79.4 Å². The predicted molar refractivity (Wildman–Crippen MR) is 75.1 cm³/mol. The van der Waals surface area contributed by atoms with Crippen LogP contribution in [0.25, 0.3) is 0 Å². The molecule has 1 saturated heterocycles. The van der Waals surface area contributed by atoms with Crippen molar-refractivity contribution in [3.63, 3.8) is 0 Å². The van der Waals surface area contributed by atoms with E-state index in [0.29, 0.717) is 0 Å². The molecule has 1 saturated carbocycles. The van der Waals surface area contributed by atoms with Gasteiger partial charge in [-0.05, 0) is 18.8 Å². The number of pyridine rings is 1. The molecule has 1 aliphatic heterocycles. The Morgan fingerprint density at radius 3 is 2.81 bits per heavy atom. The van der Waals surface area contributed by atoms with E-state index in [1.165, 1.54) is 12.3 Å². The first kappa shape index (κ1) is 14.2. The summed E-state index contributed by atoms with van der Waals surface area (Å²) in [5.41, 5.74) is 0.267. The molecule has 2 amide bonds. The summed E-state index contributed by atoms with van der Waals surface area (Å²) in [5, 5.41) is 2.58. The van der Waals surface area contributed by atoms with E-state index in [4.69, 9.17) is 0 Å². The van der Waals surface area contributed by atoms with Gasteiger partial charge in [-0.15, -0.1) is 0 Å². The molecule has 6 nitrogen and oxygen atoms in total. The maximum absolute atomic E-state index is 13.1. The van der Waals surface area contributed by atoms with E-state index in [-0.39, 0.29) is 35.7 Å². The third kappa shape index (κ3) is 3.31. The van der Waals surface area contributed by atoms with Crippen LogP contribution in [0.4, 0.5) is 14.9 Å². The molecule has 0 bridgehead atoms. The predicted octanol–water partition coefficient (Wildman–Crippen LogP) is 1.26. The number of urea groups is 1. The van der Waals surface area contributed by atoms with Gasteiger partial charge in [-0.25, -0.2) is 17.6 Å². The lowest BCUT2D eigenvalue weighted by Crippen LogP contribution is -2.53. The minimum Gasteiger partial charge on any atom is -0.319 e. The van der Waals surface area contributed by atoms with Gasteiger partial charge in [0.2, 0.25) is 0 Å². The maximum Gasteiger partial charge on any atom is 0.322 e. The molecule has 2 aliphatic rings. The lowest BCUT2D eigenvalue weighted by molar-refractivity contribution is 0.186. The highest BCUT2D eigenvalue weighted by Gasteiger charge is 2.43. The van der Waals surface area contributed by atoms with Crippen LogP contribution >= 0.6 is 0 Å². The van der Waals surface area contributed by atoms with Gasteiger partial charge < -0.3 is 10.2 Å². The molecular formula is C13H16FN3O3S. The molecule has 2 fully saturated rings. The van der Waals surface area contributed by atoms with E-state index in [1.54, 1.807) is 4.90 Å². The summed E-state index contributed by atoms with van der Waals surface area (Å²) in [7, 11) is -3.08. The average Bonchev–Trinajstić information content (AvgIpc) is 3.21. The highest BCUT2D eigenvalue weighted by molar-refractivity contribution is 7.91. The number of amides is 2. The summed E-state index contributed by atoms with van der Waals surface area (Å²) in [6.07, 6.45) is 4.31. The van der Waals surface area contributed by atoms with Crippen LogP contribution in [0.2, 0.25) is 0 Å². The fourth-order valence-electron chi connectivity index (χ4n) is 2.64. The fourth-order valence-corrected chi connectivity index (χ4v) is 4.25. The quantitative estimate of drug-likeness (QED) is 0.891. The lowest BCUT2D eigenvalue weighted by atomic mass is 10.2. The number of hydrogen-bond acceptors (Lipinski definition) is 4. The zero-order valence-electron chi connectivity index (χ0n) is 11.3. The van der Waals surface area contributed by atoms with Gasteiger partial charge in [-0.2, -0.15) is 0 Å². The summed E-state index contributed by atoms with van der Waals surface area (Å²) in [6, 6.07) is 0.511. The highest BCUT2D eigenvalue weighted by Crippen LogP contribution is 2.37. The monoisotopic (exact) mass is 313 g/mol. The van der Waals surface area contributed by atoms with Gasteiger partial charge in [0.15, 0.2) is 9.84 Å². The third-order valence-electron chi connectivity index (χ3n) is 3.85. The minimum absolute atomic E-state index is 0.0203. The van der Waals surface area contributed by atoms with Gasteiger partial charge in [0, 0.05) is 12.6 Å². The third-order valence-corrected chi connectivity index (χ3v) is 5.51. The average molecular weight is 313 g/mol. The first-order valence-corrected chi connectivity index (χ1v) is 8.65. The van der Waals surface area contributed by atoms with Gasteiger partial charge in [0.25, 0.3) is 0 Å². The number of carbonyl (C=O) groups is 1. The largest absolute Gasteiger partial charge is 0.322 e. The maximum atomic E-state index is 13.1. The molecule has 3 rings (SSSR count). The van der Waals surface area contributed by atoms with Crippen molar-refractivity contribution in [2.45, 2.75) is 18.9 Å². The normalized spacial score (nSPS) is 24.6. The molecule has 1 aromatic rings. The number of halogens is 1. The lowest BCUT2D eigenvalue weighted by Gasteiger charge is -2.35. The second-order valence-corrected chi connectivity index (χ2v) is 7.76. The van der Waals surface area contributed by atoms with Crippen molar-refractivity contribution < 1.29 is 17.6 Å². The Morgan fingerprint density at radius 2 is 2.14 bits per heavy atom. The Kier molecular flexibility index (Phi) is 3.56. The van der Waals surface area contributed by atoms with Crippen molar-refractivity contribution in [2.24, 2.45) is 5.92 Å². The first-order chi connectivity index (χ1) is 9.94. The molecule has 0 radical (unpaired) electrons. The zero-order chi connectivity index (χ0) is 15.0. The Balaban J connectivity index is 1.73. The fraction of sp³-hybridized carbons (Fsp3) is 0.538. The van der Waals surface area contributed by atoms with Crippen LogP contribution in [0, 0.1) is 11.7 Å². The summed E-state index contributed by atoms with van der Waals surface area (Å²) < 4.78 is 36.6. The molecular weight excluding hydrogens is 297 g/mol. The first-order valence-electron chi connectivity index (χ1n) is 6.83. The van der Waals surface area contributed by atoms with Gasteiger partial charge in [-0.3, -0.25) is 4.98 Å². The molecule has 1 aromatic heterocycles. The van der Waals surface area contributed by atoms with E-state index in [1.807, 2.05) is 0 Å². The second-order valence-electron chi connectivity index (χ2n) is 5.53. The van der Waals surface area contributed by atoms with E-state index >= 15 is 0 Å². The molecule has 114 valence electrons. The van der Waals surface area contributed by atoms with E-state index in [0.717, 1.165) is 19.0 Å². The number of rotatable bonds is 2. The molecule has 0 spiro atoms. The molecule has 1 atom stereocenters. The van der Waals surface area contributed by atoms with Crippen molar-refractivity contribution in [2.75, 3.05) is 23.4 Å². The van der Waals surface area contributed by atoms with Crippen LogP contribution in [-0.2, 0) is 9.84 Å². The molecule has 21 heavy (non-hydrogen) atoms. The SMILES string of the molecule is O=C(Nc1cncc(F)c1)N1CCS(=O)(=O)CC1C1CC1. The van der Waals surface area contributed by atoms with Crippen LogP contribution in [-0.4, -0.2) is 48.4 Å². The molecule has 2 heterocycles. The number of anilines is 1. The molecule has 8 heteroatoms. The van der Waals surface area contributed by atoms with Crippen LogP contribution in [0.3, 0.4) is 0 Å². The van der Waals surface area contributed by atoms with Crippen LogP contribution in [0.5, 0.6) is 0 Å². The number of nitrogens with zero attached hydrogens (tertiary/aromatic N) is 2. The number of aromatic nitrogens is 1. The summed E-state index contributed by atoms with van der Waals surface area (Å²) in [6.45, 7) is 0.179. The van der Waals surface area contributed by atoms with Crippen molar-refractivity contribution in [3.8, 4) is 0 Å². The van der Waals surface area contributed by atoms with Crippen molar-refractivity contribution in [3.05, 3.63) is 24.3 Å². The minimum atomic E-state index is -3.08. The standard InChI is InChI=1S/C13H16FN3O3S/c14-10-5-11(7-15-6-10)16-13(18)17-3-4-21(19,20)8-12(17)9-1-2-9/h5-7,9,12H,1-4,8H2,(H,16,18). The summed E-state index contributed by atoms with van der Waals surface area (Å²) in [5.74, 6) is -0.276. The van der Waals surface area contributed by atoms with E-state index in [2.05, 4.69) is 10.3 Å².